The monoisotopic (exact) mass is 213 g/mol. The average Bonchev–Trinajstić information content (AvgIpc) is 2.08. The third kappa shape index (κ3) is 8.61. The highest BCUT2D eigenvalue weighted by atomic mass is 16.1. The Kier molecular flexibility index (Phi) is 6.82. The fraction of sp³-hybridized carbons (Fsp3) is 0.923. The minimum atomic E-state index is -0.157. The van der Waals surface area contributed by atoms with Crippen LogP contribution in [0.1, 0.15) is 60.3 Å². The molecule has 15 heavy (non-hydrogen) atoms. The van der Waals surface area contributed by atoms with Gasteiger partial charge in [-0.15, -0.1) is 0 Å². The number of ketones is 1. The van der Waals surface area contributed by atoms with Crippen LogP contribution in [0.25, 0.3) is 0 Å². The van der Waals surface area contributed by atoms with Gasteiger partial charge in [0.25, 0.3) is 0 Å². The van der Waals surface area contributed by atoms with Crippen LogP contribution in [0.3, 0.4) is 0 Å². The first-order valence-corrected chi connectivity index (χ1v) is 6.10. The highest BCUT2D eigenvalue weighted by Crippen LogP contribution is 2.18. The van der Waals surface area contributed by atoms with E-state index in [0.717, 1.165) is 25.8 Å². The van der Waals surface area contributed by atoms with Crippen LogP contribution in [0.5, 0.6) is 0 Å². The van der Waals surface area contributed by atoms with Gasteiger partial charge in [0.05, 0.1) is 0 Å². The highest BCUT2D eigenvalue weighted by molar-refractivity contribution is 5.83. The van der Waals surface area contributed by atoms with E-state index in [4.69, 9.17) is 0 Å². The van der Waals surface area contributed by atoms with Crippen molar-refractivity contribution in [3.63, 3.8) is 0 Å². The third-order valence-electron chi connectivity index (χ3n) is 2.47. The van der Waals surface area contributed by atoms with Gasteiger partial charge in [-0.25, -0.2) is 0 Å². The second kappa shape index (κ2) is 7.00. The summed E-state index contributed by atoms with van der Waals surface area (Å²) < 4.78 is 0. The first-order valence-electron chi connectivity index (χ1n) is 6.10. The van der Waals surface area contributed by atoms with E-state index in [-0.39, 0.29) is 5.41 Å². The summed E-state index contributed by atoms with van der Waals surface area (Å²) >= 11 is 0. The third-order valence-corrected chi connectivity index (χ3v) is 2.47. The fourth-order valence-corrected chi connectivity index (χ4v) is 1.35. The van der Waals surface area contributed by atoms with E-state index < -0.39 is 0 Å². The van der Waals surface area contributed by atoms with E-state index in [1.807, 2.05) is 20.8 Å². The summed E-state index contributed by atoms with van der Waals surface area (Å²) in [6.45, 7) is 11.4. The molecule has 0 aliphatic carbocycles. The van der Waals surface area contributed by atoms with E-state index in [0.29, 0.717) is 11.8 Å². The number of rotatable bonds is 7. The Morgan fingerprint density at radius 1 is 1.13 bits per heavy atom. The van der Waals surface area contributed by atoms with Crippen molar-refractivity contribution >= 4 is 5.78 Å². The van der Waals surface area contributed by atoms with E-state index in [1.54, 1.807) is 0 Å². The van der Waals surface area contributed by atoms with Crippen molar-refractivity contribution < 1.29 is 4.79 Å². The quantitative estimate of drug-likeness (QED) is 0.658. The first-order chi connectivity index (χ1) is 6.84. The molecule has 0 unspecified atom stereocenters. The lowest BCUT2D eigenvalue weighted by atomic mass is 9.88. The SMILES string of the molecule is CC(C)NCCCCCC(=O)C(C)(C)C. The highest BCUT2D eigenvalue weighted by Gasteiger charge is 2.19. The molecule has 0 saturated carbocycles. The molecular weight excluding hydrogens is 186 g/mol. The molecule has 0 saturated heterocycles. The number of carbonyl (C=O) groups excluding carboxylic acids is 1. The first kappa shape index (κ1) is 14.6. The number of nitrogens with one attached hydrogen (secondary N) is 1. The van der Waals surface area contributed by atoms with Crippen molar-refractivity contribution in [3.8, 4) is 0 Å². The van der Waals surface area contributed by atoms with E-state index >= 15 is 0 Å². The Balaban J connectivity index is 3.36. The molecule has 0 heterocycles. The van der Waals surface area contributed by atoms with Crippen molar-refractivity contribution in [2.24, 2.45) is 5.41 Å². The van der Waals surface area contributed by atoms with Crippen LogP contribution in [0.4, 0.5) is 0 Å². The molecule has 0 aromatic carbocycles. The molecule has 2 heteroatoms. The average molecular weight is 213 g/mol. The smallest absolute Gasteiger partial charge is 0.138 e. The maximum atomic E-state index is 11.6. The Labute approximate surface area is 94.8 Å². The Hall–Kier alpha value is -0.370. The van der Waals surface area contributed by atoms with Gasteiger partial charge in [-0.3, -0.25) is 4.79 Å². The Bertz CT molecular complexity index is 179. The van der Waals surface area contributed by atoms with E-state index in [2.05, 4.69) is 19.2 Å². The van der Waals surface area contributed by atoms with Gasteiger partial charge in [-0.05, 0) is 19.4 Å². The Morgan fingerprint density at radius 3 is 2.20 bits per heavy atom. The van der Waals surface area contributed by atoms with Gasteiger partial charge in [0.1, 0.15) is 5.78 Å². The normalized spacial score (nSPS) is 12.1. The molecule has 1 N–H and O–H groups in total. The van der Waals surface area contributed by atoms with Crippen molar-refractivity contribution in [2.45, 2.75) is 66.3 Å². The summed E-state index contributed by atoms with van der Waals surface area (Å²) in [5, 5.41) is 3.38. The zero-order chi connectivity index (χ0) is 11.9. The van der Waals surface area contributed by atoms with Crippen molar-refractivity contribution in [1.82, 2.24) is 5.32 Å². The second-order valence-corrected chi connectivity index (χ2v) is 5.59. The van der Waals surface area contributed by atoms with Gasteiger partial charge >= 0.3 is 0 Å². The minimum Gasteiger partial charge on any atom is -0.315 e. The lowest BCUT2D eigenvalue weighted by Gasteiger charge is -2.16. The predicted molar refractivity (Wildman–Crippen MR) is 66.1 cm³/mol. The molecule has 0 radical (unpaired) electrons. The standard InChI is InChI=1S/C13H27NO/c1-11(2)14-10-8-6-7-9-12(15)13(3,4)5/h11,14H,6-10H2,1-5H3. The van der Waals surface area contributed by atoms with Gasteiger partial charge in [0.15, 0.2) is 0 Å². The molecule has 0 amide bonds. The summed E-state index contributed by atoms with van der Waals surface area (Å²) in [6.07, 6.45) is 4.11. The van der Waals surface area contributed by atoms with E-state index in [1.165, 1.54) is 6.42 Å². The summed E-state index contributed by atoms with van der Waals surface area (Å²) in [5.74, 6) is 0.388. The van der Waals surface area contributed by atoms with Crippen molar-refractivity contribution in [3.05, 3.63) is 0 Å². The number of carbonyl (C=O) groups is 1. The fourth-order valence-electron chi connectivity index (χ4n) is 1.35. The molecule has 0 aromatic rings. The molecule has 90 valence electrons. The zero-order valence-electron chi connectivity index (χ0n) is 11.0. The van der Waals surface area contributed by atoms with Crippen LogP contribution >= 0.6 is 0 Å². The van der Waals surface area contributed by atoms with Crippen LogP contribution in [-0.4, -0.2) is 18.4 Å². The largest absolute Gasteiger partial charge is 0.315 e. The molecule has 0 rings (SSSR count). The van der Waals surface area contributed by atoms with Crippen LogP contribution in [0.2, 0.25) is 0 Å². The predicted octanol–water partition coefficient (Wildman–Crippen LogP) is 3.16. The summed E-state index contributed by atoms with van der Waals surface area (Å²) in [7, 11) is 0. The van der Waals surface area contributed by atoms with Gasteiger partial charge < -0.3 is 5.32 Å². The lowest BCUT2D eigenvalue weighted by molar-refractivity contribution is -0.126. The number of hydrogen-bond donors (Lipinski definition) is 1. The van der Waals surface area contributed by atoms with Crippen molar-refractivity contribution in [2.75, 3.05) is 6.54 Å². The van der Waals surface area contributed by atoms with Crippen LogP contribution in [0.15, 0.2) is 0 Å². The topological polar surface area (TPSA) is 29.1 Å². The molecule has 0 bridgehead atoms. The molecule has 0 aromatic heterocycles. The summed E-state index contributed by atoms with van der Waals surface area (Å²) in [5.41, 5.74) is -0.157. The minimum absolute atomic E-state index is 0.157. The molecular formula is C13H27NO. The van der Waals surface area contributed by atoms with Crippen LogP contribution in [0, 0.1) is 5.41 Å². The molecule has 2 nitrogen and oxygen atoms in total. The maximum absolute atomic E-state index is 11.6. The van der Waals surface area contributed by atoms with Gasteiger partial charge in [0.2, 0.25) is 0 Å². The summed E-state index contributed by atoms with van der Waals surface area (Å²) in [6, 6.07) is 0.571. The van der Waals surface area contributed by atoms with Gasteiger partial charge in [-0.1, -0.05) is 41.0 Å². The van der Waals surface area contributed by atoms with E-state index in [9.17, 15) is 4.79 Å². The van der Waals surface area contributed by atoms with Crippen molar-refractivity contribution in [1.29, 1.82) is 0 Å². The second-order valence-electron chi connectivity index (χ2n) is 5.59. The summed E-state index contributed by atoms with van der Waals surface area (Å²) in [4.78, 5) is 11.6. The maximum Gasteiger partial charge on any atom is 0.138 e. The number of Topliss-reactive ketones (excluding diaryl/α,β-unsaturated/α-hetero) is 1. The Morgan fingerprint density at radius 2 is 1.73 bits per heavy atom. The van der Waals surface area contributed by atoms with Crippen LogP contribution < -0.4 is 5.32 Å². The lowest BCUT2D eigenvalue weighted by Crippen LogP contribution is -2.23. The van der Waals surface area contributed by atoms with Gasteiger partial charge in [-0.2, -0.15) is 0 Å². The molecule has 0 atom stereocenters. The number of unbranched alkanes of at least 4 members (excludes halogenated alkanes) is 2. The zero-order valence-corrected chi connectivity index (χ0v) is 11.0. The number of hydrogen-bond acceptors (Lipinski definition) is 2. The molecule has 0 aliphatic rings. The molecule has 0 spiro atoms. The van der Waals surface area contributed by atoms with Gasteiger partial charge in [0, 0.05) is 17.9 Å². The molecule has 0 aliphatic heterocycles. The van der Waals surface area contributed by atoms with Crippen LogP contribution in [-0.2, 0) is 4.79 Å². The molecule has 0 fully saturated rings.